The van der Waals surface area contributed by atoms with Gasteiger partial charge < -0.3 is 5.32 Å². The third kappa shape index (κ3) is 4.02. The van der Waals surface area contributed by atoms with Crippen LogP contribution in [0.15, 0.2) is 53.9 Å². The summed E-state index contributed by atoms with van der Waals surface area (Å²) in [6, 6.07) is 16.1. The predicted molar refractivity (Wildman–Crippen MR) is 93.4 cm³/mol. The molecule has 0 bridgehead atoms. The minimum Gasteiger partial charge on any atom is -0.316 e. The van der Waals surface area contributed by atoms with Crippen LogP contribution in [0.4, 0.5) is 5.00 Å². The summed E-state index contributed by atoms with van der Waals surface area (Å²) in [5, 5.41) is 5.81. The van der Waals surface area contributed by atoms with Crippen molar-refractivity contribution in [2.45, 2.75) is 19.3 Å². The van der Waals surface area contributed by atoms with Crippen LogP contribution in [0.3, 0.4) is 0 Å². The lowest BCUT2D eigenvalue weighted by atomic mass is 10.1. The summed E-state index contributed by atoms with van der Waals surface area (Å²) in [4.78, 5) is 13.3. The Kier molecular flexibility index (Phi) is 4.98. The summed E-state index contributed by atoms with van der Waals surface area (Å²) in [6.07, 6.45) is 2.37. The molecule has 0 aliphatic rings. The molecule has 112 valence electrons. The maximum Gasteiger partial charge on any atom is 0.225 e. The first kappa shape index (κ1) is 14.9. The van der Waals surface area contributed by atoms with Crippen molar-refractivity contribution >= 4 is 33.8 Å². The van der Waals surface area contributed by atoms with Gasteiger partial charge in [-0.2, -0.15) is 4.37 Å². The Morgan fingerprint density at radius 3 is 2.77 bits per heavy atom. The molecular formula is C17H16N2OS2. The van der Waals surface area contributed by atoms with Gasteiger partial charge in [0.05, 0.1) is 5.69 Å². The molecule has 0 atom stereocenters. The van der Waals surface area contributed by atoms with Crippen molar-refractivity contribution < 1.29 is 4.79 Å². The van der Waals surface area contributed by atoms with E-state index in [1.54, 1.807) is 11.3 Å². The fourth-order valence-electron chi connectivity index (χ4n) is 2.16. The van der Waals surface area contributed by atoms with Crippen molar-refractivity contribution in [3.05, 3.63) is 58.8 Å². The molecule has 1 amide bonds. The van der Waals surface area contributed by atoms with Crippen LogP contribution in [0.25, 0.3) is 11.3 Å². The lowest BCUT2D eigenvalue weighted by Crippen LogP contribution is -2.10. The first-order chi connectivity index (χ1) is 10.8. The van der Waals surface area contributed by atoms with Crippen molar-refractivity contribution in [1.82, 2.24) is 4.37 Å². The number of aryl methyl sites for hydroxylation is 1. The number of amides is 1. The van der Waals surface area contributed by atoms with E-state index < -0.39 is 0 Å². The fraction of sp³-hybridized carbons (Fsp3) is 0.176. The van der Waals surface area contributed by atoms with Gasteiger partial charge in [0.25, 0.3) is 0 Å². The molecule has 0 fully saturated rings. The Morgan fingerprint density at radius 2 is 2.00 bits per heavy atom. The van der Waals surface area contributed by atoms with Crippen molar-refractivity contribution in [1.29, 1.82) is 0 Å². The van der Waals surface area contributed by atoms with Crippen LogP contribution in [0, 0.1) is 0 Å². The van der Waals surface area contributed by atoms with E-state index >= 15 is 0 Å². The molecule has 0 saturated heterocycles. The van der Waals surface area contributed by atoms with Gasteiger partial charge in [-0.05, 0) is 35.8 Å². The van der Waals surface area contributed by atoms with E-state index in [-0.39, 0.29) is 5.91 Å². The highest BCUT2D eigenvalue weighted by atomic mass is 32.1. The predicted octanol–water partition coefficient (Wildman–Crippen LogP) is 4.83. The molecule has 0 saturated carbocycles. The van der Waals surface area contributed by atoms with Crippen LogP contribution in [-0.2, 0) is 11.2 Å². The fourth-order valence-corrected chi connectivity index (χ4v) is 3.59. The van der Waals surface area contributed by atoms with Gasteiger partial charge in [-0.1, -0.05) is 36.4 Å². The number of hydrogen-bond acceptors (Lipinski definition) is 4. The second-order valence-electron chi connectivity index (χ2n) is 4.92. The average molecular weight is 328 g/mol. The molecule has 5 heteroatoms. The minimum absolute atomic E-state index is 0.0554. The third-order valence-corrected chi connectivity index (χ3v) is 4.89. The Bertz CT molecular complexity index is 720. The lowest BCUT2D eigenvalue weighted by Gasteiger charge is -2.01. The Hall–Kier alpha value is -1.98. The van der Waals surface area contributed by atoms with Gasteiger partial charge in [0.2, 0.25) is 5.91 Å². The van der Waals surface area contributed by atoms with E-state index in [2.05, 4.69) is 21.1 Å². The molecule has 22 heavy (non-hydrogen) atoms. The van der Waals surface area contributed by atoms with Crippen molar-refractivity contribution in [3.63, 3.8) is 0 Å². The number of thiophene rings is 1. The van der Waals surface area contributed by atoms with E-state index in [9.17, 15) is 4.79 Å². The minimum atomic E-state index is 0.0554. The topological polar surface area (TPSA) is 42.0 Å². The second kappa shape index (κ2) is 7.33. The van der Waals surface area contributed by atoms with Gasteiger partial charge in [-0.25, -0.2) is 0 Å². The summed E-state index contributed by atoms with van der Waals surface area (Å²) >= 11 is 3.06. The van der Waals surface area contributed by atoms with E-state index in [4.69, 9.17) is 0 Å². The number of nitrogens with zero attached hydrogens (tertiary/aromatic N) is 1. The normalized spacial score (nSPS) is 10.5. The summed E-state index contributed by atoms with van der Waals surface area (Å²) in [5.74, 6) is 0.0554. The second-order valence-corrected chi connectivity index (χ2v) is 6.76. The summed E-state index contributed by atoms with van der Waals surface area (Å²) in [5.41, 5.74) is 1.97. The maximum atomic E-state index is 12.0. The Morgan fingerprint density at radius 1 is 1.14 bits per heavy atom. The van der Waals surface area contributed by atoms with Gasteiger partial charge in [-0.3, -0.25) is 4.79 Å². The molecule has 3 nitrogen and oxygen atoms in total. The van der Waals surface area contributed by atoms with E-state index in [0.717, 1.165) is 29.1 Å². The number of aromatic nitrogens is 1. The van der Waals surface area contributed by atoms with Crippen LogP contribution < -0.4 is 5.32 Å². The molecule has 0 unspecified atom stereocenters. The molecule has 3 rings (SSSR count). The number of hydrogen-bond donors (Lipinski definition) is 1. The number of rotatable bonds is 6. The van der Waals surface area contributed by atoms with E-state index in [1.807, 2.05) is 42.5 Å². The monoisotopic (exact) mass is 328 g/mol. The number of carbonyl (C=O) groups is 1. The van der Waals surface area contributed by atoms with Gasteiger partial charge >= 0.3 is 0 Å². The smallest absolute Gasteiger partial charge is 0.225 e. The molecule has 0 aliphatic carbocycles. The Balaban J connectivity index is 1.50. The van der Waals surface area contributed by atoms with Crippen LogP contribution in [0.5, 0.6) is 0 Å². The SMILES string of the molecule is O=C(CCCc1cccs1)Nc1cc(-c2ccccc2)ns1. The van der Waals surface area contributed by atoms with Gasteiger partial charge in [-0.15, -0.1) is 11.3 Å². The molecule has 0 spiro atoms. The van der Waals surface area contributed by atoms with Crippen LogP contribution >= 0.6 is 22.9 Å². The molecular weight excluding hydrogens is 312 g/mol. The van der Waals surface area contributed by atoms with Crippen molar-refractivity contribution in [2.75, 3.05) is 5.32 Å². The lowest BCUT2D eigenvalue weighted by molar-refractivity contribution is -0.116. The molecule has 0 aliphatic heterocycles. The third-order valence-electron chi connectivity index (χ3n) is 3.25. The van der Waals surface area contributed by atoms with Gasteiger partial charge in [0.15, 0.2) is 0 Å². The zero-order chi connectivity index (χ0) is 15.2. The standard InChI is InChI=1S/C17H16N2OS2/c20-16(10-4-8-14-9-5-11-21-14)18-17-12-15(19-22-17)13-6-2-1-3-7-13/h1-3,5-7,9,11-12H,4,8,10H2,(H,18,20). The molecule has 2 heterocycles. The zero-order valence-corrected chi connectivity index (χ0v) is 13.6. The van der Waals surface area contributed by atoms with Crippen LogP contribution in [0.2, 0.25) is 0 Å². The quantitative estimate of drug-likeness (QED) is 0.704. The first-order valence-corrected chi connectivity index (χ1v) is 8.81. The summed E-state index contributed by atoms with van der Waals surface area (Å²) in [6.45, 7) is 0. The number of benzene rings is 1. The molecule has 2 aromatic heterocycles. The van der Waals surface area contributed by atoms with Gasteiger partial charge in [0.1, 0.15) is 5.00 Å². The van der Waals surface area contributed by atoms with Gasteiger partial charge in [0, 0.05) is 22.9 Å². The van der Waals surface area contributed by atoms with Crippen molar-refractivity contribution in [2.24, 2.45) is 0 Å². The first-order valence-electron chi connectivity index (χ1n) is 7.15. The van der Waals surface area contributed by atoms with E-state index in [1.165, 1.54) is 16.4 Å². The highest BCUT2D eigenvalue weighted by Gasteiger charge is 2.08. The number of carbonyl (C=O) groups excluding carboxylic acids is 1. The van der Waals surface area contributed by atoms with E-state index in [0.29, 0.717) is 6.42 Å². The molecule has 0 radical (unpaired) electrons. The van der Waals surface area contributed by atoms with Crippen LogP contribution in [0.1, 0.15) is 17.7 Å². The molecule has 1 aromatic carbocycles. The van der Waals surface area contributed by atoms with Crippen molar-refractivity contribution in [3.8, 4) is 11.3 Å². The summed E-state index contributed by atoms with van der Waals surface area (Å²) < 4.78 is 4.39. The number of nitrogens with one attached hydrogen (secondary N) is 1. The highest BCUT2D eigenvalue weighted by Crippen LogP contribution is 2.25. The zero-order valence-electron chi connectivity index (χ0n) is 12.0. The maximum absolute atomic E-state index is 12.0. The summed E-state index contributed by atoms with van der Waals surface area (Å²) in [7, 11) is 0. The largest absolute Gasteiger partial charge is 0.316 e. The Labute approximate surface area is 137 Å². The number of anilines is 1. The van der Waals surface area contributed by atoms with Crippen LogP contribution in [-0.4, -0.2) is 10.3 Å². The molecule has 1 N–H and O–H groups in total. The molecule has 3 aromatic rings. The average Bonchev–Trinajstić information content (AvgIpc) is 3.20. The highest BCUT2D eigenvalue weighted by molar-refractivity contribution is 7.10.